The summed E-state index contributed by atoms with van der Waals surface area (Å²) in [6.45, 7) is 1.99. The quantitative estimate of drug-likeness (QED) is 0.545. The zero-order valence-electron chi connectivity index (χ0n) is 14.0. The van der Waals surface area contributed by atoms with Crippen LogP contribution in [-0.4, -0.2) is 30.4 Å². The van der Waals surface area contributed by atoms with Gasteiger partial charge in [-0.15, -0.1) is 0 Å². The molecule has 0 atom stereocenters. The molecular formula is C16H15ClN6O3. The van der Waals surface area contributed by atoms with E-state index < -0.39 is 10.8 Å². The number of rotatable bonds is 5. The molecule has 1 N–H and O–H groups in total. The largest absolute Gasteiger partial charge is 0.322 e. The Morgan fingerprint density at radius 2 is 2.00 bits per heavy atom. The average molecular weight is 375 g/mol. The van der Waals surface area contributed by atoms with Crippen molar-refractivity contribution in [3.05, 3.63) is 68.6 Å². The Bertz CT molecular complexity index is 980. The SMILES string of the molecule is Cc1c([N+](=O)[O-])c(C(=O)Nc2nn(Cc3ccccc3)cc2Cl)nn1C. The van der Waals surface area contributed by atoms with Crippen molar-refractivity contribution in [3.63, 3.8) is 0 Å². The van der Waals surface area contributed by atoms with E-state index in [4.69, 9.17) is 11.6 Å². The third kappa shape index (κ3) is 3.42. The minimum atomic E-state index is -0.743. The first-order valence-corrected chi connectivity index (χ1v) is 8.01. The first-order valence-electron chi connectivity index (χ1n) is 7.63. The molecule has 0 fully saturated rings. The molecule has 0 spiro atoms. The van der Waals surface area contributed by atoms with Gasteiger partial charge in [0.25, 0.3) is 5.91 Å². The first kappa shape index (κ1) is 17.6. The Morgan fingerprint density at radius 1 is 1.31 bits per heavy atom. The number of nitrogens with one attached hydrogen (secondary N) is 1. The smallest absolute Gasteiger partial charge is 0.302 e. The maximum atomic E-state index is 12.4. The van der Waals surface area contributed by atoms with Crippen LogP contribution >= 0.6 is 11.6 Å². The summed E-state index contributed by atoms with van der Waals surface area (Å²) in [5.41, 5.74) is 0.662. The van der Waals surface area contributed by atoms with Crippen LogP contribution in [0.2, 0.25) is 5.02 Å². The zero-order valence-corrected chi connectivity index (χ0v) is 14.8. The number of aryl methyl sites for hydroxylation is 1. The van der Waals surface area contributed by atoms with E-state index in [2.05, 4.69) is 15.5 Å². The number of carbonyl (C=O) groups excluding carboxylic acids is 1. The van der Waals surface area contributed by atoms with Crippen LogP contribution in [0.25, 0.3) is 0 Å². The molecule has 0 aliphatic carbocycles. The van der Waals surface area contributed by atoms with Crippen molar-refractivity contribution >= 4 is 29.0 Å². The van der Waals surface area contributed by atoms with E-state index in [0.29, 0.717) is 6.54 Å². The van der Waals surface area contributed by atoms with Crippen LogP contribution in [0.15, 0.2) is 36.5 Å². The van der Waals surface area contributed by atoms with Gasteiger partial charge >= 0.3 is 5.69 Å². The predicted molar refractivity (Wildman–Crippen MR) is 95.3 cm³/mol. The second kappa shape index (κ2) is 6.96. The highest BCUT2D eigenvalue weighted by Gasteiger charge is 2.29. The van der Waals surface area contributed by atoms with E-state index in [0.717, 1.165) is 5.56 Å². The maximum Gasteiger partial charge on any atom is 0.322 e. The third-order valence-electron chi connectivity index (χ3n) is 3.84. The van der Waals surface area contributed by atoms with Crippen molar-refractivity contribution in [2.24, 2.45) is 7.05 Å². The monoisotopic (exact) mass is 374 g/mol. The number of hydrogen-bond acceptors (Lipinski definition) is 5. The summed E-state index contributed by atoms with van der Waals surface area (Å²) in [5, 5.41) is 22.1. The normalized spacial score (nSPS) is 10.7. The Balaban J connectivity index is 1.83. The van der Waals surface area contributed by atoms with Crippen molar-refractivity contribution in [2.45, 2.75) is 13.5 Å². The number of benzene rings is 1. The van der Waals surface area contributed by atoms with Crippen LogP contribution in [0.5, 0.6) is 0 Å². The molecule has 0 saturated heterocycles. The Kier molecular flexibility index (Phi) is 4.72. The summed E-state index contributed by atoms with van der Waals surface area (Å²) in [7, 11) is 1.53. The summed E-state index contributed by atoms with van der Waals surface area (Å²) >= 11 is 6.12. The topological polar surface area (TPSA) is 108 Å². The lowest BCUT2D eigenvalue weighted by atomic mass is 10.2. The fraction of sp³-hybridized carbons (Fsp3) is 0.188. The van der Waals surface area contributed by atoms with Gasteiger partial charge in [0.1, 0.15) is 10.7 Å². The van der Waals surface area contributed by atoms with Crippen LogP contribution in [-0.2, 0) is 13.6 Å². The second-order valence-corrected chi connectivity index (χ2v) is 6.03. The fourth-order valence-electron chi connectivity index (χ4n) is 2.47. The lowest BCUT2D eigenvalue weighted by molar-refractivity contribution is -0.385. The van der Waals surface area contributed by atoms with E-state index in [9.17, 15) is 14.9 Å². The molecule has 0 unspecified atom stereocenters. The summed E-state index contributed by atoms with van der Waals surface area (Å²) in [6, 6.07) is 9.60. The molecule has 0 aliphatic rings. The summed E-state index contributed by atoms with van der Waals surface area (Å²) in [4.78, 5) is 23.0. The van der Waals surface area contributed by atoms with E-state index in [-0.39, 0.29) is 27.9 Å². The van der Waals surface area contributed by atoms with Crippen molar-refractivity contribution in [1.82, 2.24) is 19.6 Å². The molecule has 2 heterocycles. The molecule has 26 heavy (non-hydrogen) atoms. The van der Waals surface area contributed by atoms with Gasteiger partial charge in [0.2, 0.25) is 5.69 Å². The third-order valence-corrected chi connectivity index (χ3v) is 4.11. The van der Waals surface area contributed by atoms with Crippen LogP contribution in [0.4, 0.5) is 11.5 Å². The molecule has 0 radical (unpaired) electrons. The highest BCUT2D eigenvalue weighted by Crippen LogP contribution is 2.25. The van der Waals surface area contributed by atoms with Gasteiger partial charge in [0.05, 0.1) is 11.5 Å². The molecule has 9 nitrogen and oxygen atoms in total. The van der Waals surface area contributed by atoms with Gasteiger partial charge < -0.3 is 5.32 Å². The van der Waals surface area contributed by atoms with E-state index in [1.807, 2.05) is 30.3 Å². The molecular weight excluding hydrogens is 360 g/mol. The first-order chi connectivity index (χ1) is 12.4. The molecule has 3 rings (SSSR count). The molecule has 1 aromatic carbocycles. The standard InChI is InChI=1S/C16H15ClN6O3/c1-10-14(23(25)26)13(19-21(10)2)16(24)18-15-12(17)9-22(20-15)8-11-6-4-3-5-7-11/h3-7,9H,8H2,1-2H3,(H,18,20,24). The van der Waals surface area contributed by atoms with Gasteiger partial charge in [0, 0.05) is 13.2 Å². The molecule has 3 aromatic rings. The van der Waals surface area contributed by atoms with Gasteiger partial charge in [-0.05, 0) is 12.5 Å². The fourth-order valence-corrected chi connectivity index (χ4v) is 2.67. The lowest BCUT2D eigenvalue weighted by Crippen LogP contribution is -2.15. The zero-order chi connectivity index (χ0) is 18.8. The average Bonchev–Trinajstić information content (AvgIpc) is 3.08. The molecule has 0 aliphatic heterocycles. The van der Waals surface area contributed by atoms with Gasteiger partial charge in [-0.2, -0.15) is 10.2 Å². The number of carbonyl (C=O) groups is 1. The highest BCUT2D eigenvalue weighted by molar-refractivity contribution is 6.33. The minimum absolute atomic E-state index is 0.116. The van der Waals surface area contributed by atoms with Crippen LogP contribution in [0.1, 0.15) is 21.7 Å². The Hall–Kier alpha value is -3.20. The molecule has 10 heteroatoms. The van der Waals surface area contributed by atoms with E-state index in [1.54, 1.807) is 10.9 Å². The number of nitrogens with zero attached hydrogens (tertiary/aromatic N) is 5. The Morgan fingerprint density at radius 3 is 2.65 bits per heavy atom. The highest BCUT2D eigenvalue weighted by atomic mass is 35.5. The minimum Gasteiger partial charge on any atom is -0.302 e. The maximum absolute atomic E-state index is 12.4. The van der Waals surface area contributed by atoms with E-state index in [1.165, 1.54) is 18.7 Å². The van der Waals surface area contributed by atoms with Gasteiger partial charge in [0.15, 0.2) is 5.82 Å². The number of nitro groups is 1. The van der Waals surface area contributed by atoms with Crippen molar-refractivity contribution < 1.29 is 9.72 Å². The number of amides is 1. The second-order valence-electron chi connectivity index (χ2n) is 5.63. The van der Waals surface area contributed by atoms with Crippen molar-refractivity contribution in [2.75, 3.05) is 5.32 Å². The number of aromatic nitrogens is 4. The van der Waals surface area contributed by atoms with Gasteiger partial charge in [-0.25, -0.2) is 0 Å². The Labute approximate surface area is 153 Å². The summed E-state index contributed by atoms with van der Waals surface area (Å²) < 4.78 is 2.86. The molecule has 2 aromatic heterocycles. The number of hydrogen-bond donors (Lipinski definition) is 1. The van der Waals surface area contributed by atoms with Gasteiger partial charge in [-0.1, -0.05) is 41.9 Å². The van der Waals surface area contributed by atoms with Crippen molar-refractivity contribution in [1.29, 1.82) is 0 Å². The molecule has 1 amide bonds. The number of anilines is 1. The van der Waals surface area contributed by atoms with Crippen molar-refractivity contribution in [3.8, 4) is 0 Å². The van der Waals surface area contributed by atoms with Crippen LogP contribution in [0.3, 0.4) is 0 Å². The summed E-state index contributed by atoms with van der Waals surface area (Å²) in [6.07, 6.45) is 1.57. The lowest BCUT2D eigenvalue weighted by Gasteiger charge is -2.02. The van der Waals surface area contributed by atoms with Crippen LogP contribution in [0, 0.1) is 17.0 Å². The number of halogens is 1. The predicted octanol–water partition coefficient (Wildman–Crippen LogP) is 2.79. The molecule has 134 valence electrons. The molecule has 0 bridgehead atoms. The molecule has 0 saturated carbocycles. The van der Waals surface area contributed by atoms with Crippen LogP contribution < -0.4 is 5.32 Å². The van der Waals surface area contributed by atoms with Gasteiger partial charge in [-0.3, -0.25) is 24.3 Å². The summed E-state index contributed by atoms with van der Waals surface area (Å²) in [5.74, 6) is -0.627. The van der Waals surface area contributed by atoms with E-state index >= 15 is 0 Å².